The van der Waals surface area contributed by atoms with Crippen LogP contribution in [0.3, 0.4) is 0 Å². The van der Waals surface area contributed by atoms with Crippen LogP contribution in [-0.4, -0.2) is 33.4 Å². The fraction of sp³-hybridized carbons (Fsp3) is 0.115. The lowest BCUT2D eigenvalue weighted by atomic mass is 10.2. The van der Waals surface area contributed by atoms with Gasteiger partial charge in [-0.3, -0.25) is 29.4 Å². The van der Waals surface area contributed by atoms with E-state index in [0.29, 0.717) is 38.0 Å². The molecule has 3 aromatic carbocycles. The van der Waals surface area contributed by atoms with E-state index < -0.39 is 40.3 Å². The number of non-ortho nitro benzene ring substituents is 1. The first-order chi connectivity index (χ1) is 18.9. The van der Waals surface area contributed by atoms with Crippen molar-refractivity contribution in [3.63, 3.8) is 0 Å². The maximum Gasteiger partial charge on any atom is 0.416 e. The lowest BCUT2D eigenvalue weighted by Crippen LogP contribution is -2.36. The number of rotatable bonds is 8. The SMILES string of the molecule is O=C(CN1C(=O)S/C(=C\c2ccc(OCc3ccc([N+](=O)[O-])cc3)c(Br)c2)C1=O)Nc1cccc(C(F)(F)F)c1. The Labute approximate surface area is 237 Å². The van der Waals surface area contributed by atoms with Crippen molar-refractivity contribution in [2.24, 2.45) is 0 Å². The molecular weight excluding hydrogens is 619 g/mol. The number of thioether (sulfide) groups is 1. The van der Waals surface area contributed by atoms with Crippen LogP contribution in [0.25, 0.3) is 6.08 Å². The van der Waals surface area contributed by atoms with Crippen molar-refractivity contribution in [3.05, 3.63) is 103 Å². The van der Waals surface area contributed by atoms with E-state index in [1.807, 2.05) is 0 Å². The second-order valence-electron chi connectivity index (χ2n) is 8.30. The predicted octanol–water partition coefficient (Wildman–Crippen LogP) is 6.63. The summed E-state index contributed by atoms with van der Waals surface area (Å²) in [5, 5.41) is 12.3. The van der Waals surface area contributed by atoms with Gasteiger partial charge in [0.15, 0.2) is 0 Å². The minimum atomic E-state index is -4.59. The van der Waals surface area contributed by atoms with Gasteiger partial charge in [-0.2, -0.15) is 13.2 Å². The fourth-order valence-corrected chi connectivity index (χ4v) is 4.85. The summed E-state index contributed by atoms with van der Waals surface area (Å²) in [5.41, 5.74) is 0.160. The van der Waals surface area contributed by atoms with Crippen molar-refractivity contribution in [2.75, 3.05) is 11.9 Å². The molecule has 9 nitrogen and oxygen atoms in total. The van der Waals surface area contributed by atoms with Crippen molar-refractivity contribution in [1.29, 1.82) is 0 Å². The molecule has 1 aliphatic rings. The number of imide groups is 1. The van der Waals surface area contributed by atoms with E-state index in [2.05, 4.69) is 21.2 Å². The van der Waals surface area contributed by atoms with Gasteiger partial charge in [0.05, 0.1) is 19.9 Å². The maximum absolute atomic E-state index is 12.9. The largest absolute Gasteiger partial charge is 0.488 e. The highest BCUT2D eigenvalue weighted by Gasteiger charge is 2.36. The van der Waals surface area contributed by atoms with Gasteiger partial charge >= 0.3 is 6.18 Å². The van der Waals surface area contributed by atoms with Gasteiger partial charge in [0.1, 0.15) is 18.9 Å². The second-order valence-corrected chi connectivity index (χ2v) is 10.1. The number of ether oxygens (including phenoxy) is 1. The van der Waals surface area contributed by atoms with Gasteiger partial charge in [0.2, 0.25) is 5.91 Å². The van der Waals surface area contributed by atoms with Gasteiger partial charge in [-0.05, 0) is 87.4 Å². The molecular formula is C26H17BrF3N3O6S. The van der Waals surface area contributed by atoms with Crippen molar-refractivity contribution < 1.29 is 37.2 Å². The highest BCUT2D eigenvalue weighted by atomic mass is 79.9. The topological polar surface area (TPSA) is 119 Å². The monoisotopic (exact) mass is 635 g/mol. The van der Waals surface area contributed by atoms with Crippen LogP contribution in [0.1, 0.15) is 16.7 Å². The normalized spacial score (nSPS) is 14.5. The predicted molar refractivity (Wildman–Crippen MR) is 144 cm³/mol. The zero-order valence-corrected chi connectivity index (χ0v) is 22.5. The summed E-state index contributed by atoms with van der Waals surface area (Å²) in [6, 6.07) is 14.8. The van der Waals surface area contributed by atoms with E-state index in [-0.39, 0.29) is 22.9 Å². The molecule has 3 aromatic rings. The first kappa shape index (κ1) is 28.8. The van der Waals surface area contributed by atoms with Crippen LogP contribution < -0.4 is 10.1 Å². The number of alkyl halides is 3. The van der Waals surface area contributed by atoms with E-state index in [0.717, 1.165) is 18.2 Å². The molecule has 0 atom stereocenters. The molecule has 0 saturated carbocycles. The second kappa shape index (κ2) is 11.9. The molecule has 1 N–H and O–H groups in total. The average molecular weight is 636 g/mol. The quantitative estimate of drug-likeness (QED) is 0.168. The zero-order chi connectivity index (χ0) is 29.0. The molecule has 1 aliphatic heterocycles. The highest BCUT2D eigenvalue weighted by Crippen LogP contribution is 2.34. The molecule has 1 heterocycles. The van der Waals surface area contributed by atoms with Gasteiger partial charge in [0, 0.05) is 17.8 Å². The summed E-state index contributed by atoms with van der Waals surface area (Å²) in [6.45, 7) is -0.519. The van der Waals surface area contributed by atoms with E-state index in [9.17, 15) is 37.7 Å². The number of amides is 3. The van der Waals surface area contributed by atoms with Crippen LogP contribution in [0, 0.1) is 10.1 Å². The molecule has 1 saturated heterocycles. The summed E-state index contributed by atoms with van der Waals surface area (Å²) in [6.07, 6.45) is -3.13. The first-order valence-electron chi connectivity index (χ1n) is 11.3. The Balaban J connectivity index is 1.38. The van der Waals surface area contributed by atoms with E-state index >= 15 is 0 Å². The number of nitrogens with zero attached hydrogens (tertiary/aromatic N) is 2. The number of carbonyl (C=O) groups is 3. The van der Waals surface area contributed by atoms with Crippen LogP contribution in [0.5, 0.6) is 5.75 Å². The Morgan fingerprint density at radius 2 is 1.82 bits per heavy atom. The van der Waals surface area contributed by atoms with Crippen molar-refractivity contribution in [1.82, 2.24) is 4.90 Å². The molecule has 40 heavy (non-hydrogen) atoms. The Morgan fingerprint density at radius 3 is 2.48 bits per heavy atom. The molecule has 206 valence electrons. The average Bonchev–Trinajstić information content (AvgIpc) is 3.15. The molecule has 0 radical (unpaired) electrons. The summed E-state index contributed by atoms with van der Waals surface area (Å²) in [4.78, 5) is 48.6. The third-order valence-corrected chi connectivity index (χ3v) is 6.97. The third kappa shape index (κ3) is 7.07. The summed E-state index contributed by atoms with van der Waals surface area (Å²) in [7, 11) is 0. The molecule has 1 fully saturated rings. The minimum Gasteiger partial charge on any atom is -0.488 e. The Hall–Kier alpha value is -4.17. The summed E-state index contributed by atoms with van der Waals surface area (Å²) < 4.78 is 45.0. The van der Waals surface area contributed by atoms with Crippen LogP contribution in [0.4, 0.5) is 29.3 Å². The number of nitrogens with one attached hydrogen (secondary N) is 1. The van der Waals surface area contributed by atoms with Crippen molar-refractivity contribution >= 4 is 62.2 Å². The number of hydrogen-bond acceptors (Lipinski definition) is 7. The smallest absolute Gasteiger partial charge is 0.416 e. The van der Waals surface area contributed by atoms with Gasteiger partial charge in [-0.1, -0.05) is 12.1 Å². The van der Waals surface area contributed by atoms with Crippen LogP contribution in [0.15, 0.2) is 76.1 Å². The lowest BCUT2D eigenvalue weighted by molar-refractivity contribution is -0.384. The number of nitro benzene ring substituents is 1. The molecule has 0 aliphatic carbocycles. The summed E-state index contributed by atoms with van der Waals surface area (Å²) >= 11 is 4.01. The molecule has 14 heteroatoms. The zero-order valence-electron chi connectivity index (χ0n) is 20.1. The number of benzene rings is 3. The Bertz CT molecular complexity index is 1530. The maximum atomic E-state index is 12.9. The number of halogens is 4. The number of carbonyl (C=O) groups excluding carboxylic acids is 3. The van der Waals surface area contributed by atoms with Crippen molar-refractivity contribution in [3.8, 4) is 5.75 Å². The standard InChI is InChI=1S/C26H17BrF3N3O6S/c27-20-10-16(6-9-21(20)39-14-15-4-7-19(8-5-15)33(37)38)11-22-24(35)32(25(36)40-22)13-23(34)31-18-3-1-2-17(12-18)26(28,29)30/h1-12H,13-14H2,(H,31,34)/b22-11-. The van der Waals surface area contributed by atoms with Crippen LogP contribution >= 0.6 is 27.7 Å². The fourth-order valence-electron chi connectivity index (χ4n) is 3.50. The van der Waals surface area contributed by atoms with E-state index in [4.69, 9.17) is 4.74 Å². The van der Waals surface area contributed by atoms with Crippen molar-refractivity contribution in [2.45, 2.75) is 12.8 Å². The Kier molecular flexibility index (Phi) is 8.59. The molecule has 4 rings (SSSR count). The minimum absolute atomic E-state index is 0.0324. The molecule has 3 amide bonds. The van der Waals surface area contributed by atoms with Gasteiger partial charge in [-0.25, -0.2) is 0 Å². The van der Waals surface area contributed by atoms with Gasteiger partial charge in [0.25, 0.3) is 16.8 Å². The molecule has 0 bridgehead atoms. The van der Waals surface area contributed by atoms with Crippen LogP contribution in [-0.2, 0) is 22.4 Å². The van der Waals surface area contributed by atoms with Gasteiger partial charge in [-0.15, -0.1) is 0 Å². The first-order valence-corrected chi connectivity index (χ1v) is 12.9. The van der Waals surface area contributed by atoms with Gasteiger partial charge < -0.3 is 10.1 Å². The Morgan fingerprint density at radius 1 is 1.10 bits per heavy atom. The third-order valence-electron chi connectivity index (χ3n) is 5.44. The molecule has 0 unspecified atom stereocenters. The van der Waals surface area contributed by atoms with Crippen LogP contribution in [0.2, 0.25) is 0 Å². The lowest BCUT2D eigenvalue weighted by Gasteiger charge is -2.13. The molecule has 0 aromatic heterocycles. The van der Waals surface area contributed by atoms with E-state index in [1.165, 1.54) is 24.3 Å². The van der Waals surface area contributed by atoms with E-state index in [1.54, 1.807) is 30.3 Å². The number of anilines is 1. The number of hydrogen-bond donors (Lipinski definition) is 1. The highest BCUT2D eigenvalue weighted by molar-refractivity contribution is 9.10. The molecule has 0 spiro atoms. The summed E-state index contributed by atoms with van der Waals surface area (Å²) in [5.74, 6) is -1.08. The number of nitro groups is 1.